The number of ketones is 1. The van der Waals surface area contributed by atoms with Gasteiger partial charge in [0, 0.05) is 5.56 Å². The summed E-state index contributed by atoms with van der Waals surface area (Å²) in [6.45, 7) is 5.82. The maximum atomic E-state index is 12.6. The van der Waals surface area contributed by atoms with Crippen LogP contribution in [0.5, 0.6) is 0 Å². The second-order valence-electron chi connectivity index (χ2n) is 4.87. The molecule has 2 aromatic carbocycles. The zero-order valence-corrected chi connectivity index (χ0v) is 12.6. The molecule has 3 nitrogen and oxygen atoms in total. The Morgan fingerprint density at radius 3 is 2.20 bits per heavy atom. The number of hydrogen-bond acceptors (Lipinski definition) is 2. The number of carbonyl (C=O) groups is 1. The molecule has 0 heterocycles. The molecule has 2 rings (SSSR count). The van der Waals surface area contributed by atoms with Crippen LogP contribution in [0, 0.1) is 20.8 Å². The molecule has 102 valence electrons. The van der Waals surface area contributed by atoms with Crippen molar-refractivity contribution in [3.63, 3.8) is 0 Å². The van der Waals surface area contributed by atoms with Crippen LogP contribution < -0.4 is 5.30 Å². The van der Waals surface area contributed by atoms with Crippen molar-refractivity contribution in [3.05, 3.63) is 64.2 Å². The summed E-state index contributed by atoms with van der Waals surface area (Å²) in [6.07, 6.45) is 0. The predicted octanol–water partition coefficient (Wildman–Crippen LogP) is 3.20. The van der Waals surface area contributed by atoms with Crippen LogP contribution in [0.1, 0.15) is 32.6 Å². The van der Waals surface area contributed by atoms with E-state index in [2.05, 4.69) is 0 Å². The zero-order valence-electron chi connectivity index (χ0n) is 11.7. The molecule has 1 N–H and O–H groups in total. The van der Waals surface area contributed by atoms with Crippen LogP contribution in [0.3, 0.4) is 0 Å². The molecule has 20 heavy (non-hydrogen) atoms. The van der Waals surface area contributed by atoms with E-state index in [1.54, 1.807) is 18.2 Å². The summed E-state index contributed by atoms with van der Waals surface area (Å²) in [7, 11) is -2.53. The lowest BCUT2D eigenvalue weighted by Crippen LogP contribution is -2.14. The van der Waals surface area contributed by atoms with Gasteiger partial charge in [-0.15, -0.1) is 0 Å². The molecule has 0 aliphatic heterocycles. The molecule has 1 atom stereocenters. The lowest BCUT2D eigenvalue weighted by molar-refractivity contribution is 0.103. The van der Waals surface area contributed by atoms with Gasteiger partial charge in [0.25, 0.3) is 0 Å². The first-order valence-corrected chi connectivity index (χ1v) is 7.50. The Balaban J connectivity index is 2.58. The van der Waals surface area contributed by atoms with Crippen molar-refractivity contribution in [2.24, 2.45) is 0 Å². The van der Waals surface area contributed by atoms with E-state index in [9.17, 15) is 14.3 Å². The van der Waals surface area contributed by atoms with Gasteiger partial charge in [0.15, 0.2) is 5.78 Å². The molecule has 0 saturated carbocycles. The van der Waals surface area contributed by atoms with E-state index in [1.165, 1.54) is 6.07 Å². The Morgan fingerprint density at radius 1 is 0.950 bits per heavy atom. The molecule has 2 aromatic rings. The lowest BCUT2D eigenvalue weighted by Gasteiger charge is -2.09. The van der Waals surface area contributed by atoms with Crippen molar-refractivity contribution in [1.29, 1.82) is 0 Å². The molecule has 0 aliphatic carbocycles. The van der Waals surface area contributed by atoms with Crippen molar-refractivity contribution in [2.75, 3.05) is 0 Å². The van der Waals surface area contributed by atoms with Crippen LogP contribution in [-0.4, -0.2) is 10.7 Å². The monoisotopic (exact) mass is 287 g/mol. The Bertz CT molecular complexity index is 705. The zero-order chi connectivity index (χ0) is 14.9. The summed E-state index contributed by atoms with van der Waals surface area (Å²) < 4.78 is 11.4. The van der Waals surface area contributed by atoms with Crippen LogP contribution >= 0.6 is 8.03 Å². The summed E-state index contributed by atoms with van der Waals surface area (Å²) in [5, 5.41) is 0.185. The van der Waals surface area contributed by atoms with E-state index >= 15 is 0 Å². The minimum absolute atomic E-state index is 0.185. The summed E-state index contributed by atoms with van der Waals surface area (Å²) >= 11 is 0. The maximum Gasteiger partial charge on any atom is 0.546 e. The molecule has 0 saturated heterocycles. The molecule has 0 bridgehead atoms. The Kier molecular flexibility index (Phi) is 4.12. The Hall–Kier alpha value is -1.83. The molecule has 0 aliphatic rings. The van der Waals surface area contributed by atoms with Gasteiger partial charge in [0.2, 0.25) is 5.30 Å². The van der Waals surface area contributed by atoms with Crippen molar-refractivity contribution in [3.8, 4) is 0 Å². The number of carbonyl (C=O) groups excluding carboxylic acids is 1. The summed E-state index contributed by atoms with van der Waals surface area (Å²) in [5.41, 5.74) is 3.91. The van der Waals surface area contributed by atoms with Gasteiger partial charge >= 0.3 is 8.03 Å². The second kappa shape index (κ2) is 5.66. The highest BCUT2D eigenvalue weighted by molar-refractivity contribution is 7.47. The van der Waals surface area contributed by atoms with E-state index in [1.807, 2.05) is 32.9 Å². The molecule has 0 aromatic heterocycles. The standard InChI is InChI=1S/C16H15O3P/c1-10-8-12(3)14(9-11(10)2)16(17)13-6-4-5-7-15(13)20(18)19/h4-9H,1-3H3/p+1. The van der Waals surface area contributed by atoms with E-state index in [-0.39, 0.29) is 11.1 Å². The van der Waals surface area contributed by atoms with Gasteiger partial charge in [-0.1, -0.05) is 18.2 Å². The summed E-state index contributed by atoms with van der Waals surface area (Å²) in [6, 6.07) is 10.3. The maximum absolute atomic E-state index is 12.6. The van der Waals surface area contributed by atoms with Gasteiger partial charge in [0.05, 0.1) is 5.56 Å². The Morgan fingerprint density at radius 2 is 1.55 bits per heavy atom. The molecular weight excluding hydrogens is 271 g/mol. The van der Waals surface area contributed by atoms with Crippen LogP contribution in [0.4, 0.5) is 0 Å². The first-order valence-electron chi connectivity index (χ1n) is 6.29. The normalized spacial score (nSPS) is 11.3. The third-order valence-corrected chi connectivity index (χ3v) is 4.24. The van der Waals surface area contributed by atoms with Crippen molar-refractivity contribution >= 4 is 19.1 Å². The third-order valence-electron chi connectivity index (χ3n) is 3.44. The molecule has 0 amide bonds. The van der Waals surface area contributed by atoms with E-state index < -0.39 is 8.03 Å². The largest absolute Gasteiger partial charge is 0.546 e. The van der Waals surface area contributed by atoms with Crippen LogP contribution in [0.25, 0.3) is 0 Å². The quantitative estimate of drug-likeness (QED) is 0.696. The minimum Gasteiger partial charge on any atom is -0.288 e. The number of aryl methyl sites for hydroxylation is 3. The number of rotatable bonds is 3. The predicted molar refractivity (Wildman–Crippen MR) is 80.0 cm³/mol. The molecule has 1 unspecified atom stereocenters. The summed E-state index contributed by atoms with van der Waals surface area (Å²) in [4.78, 5) is 21.9. The molecule has 0 spiro atoms. The third kappa shape index (κ3) is 2.69. The SMILES string of the molecule is Cc1cc(C)c(C(=O)c2ccccc2[P+](=O)O)cc1C. The van der Waals surface area contributed by atoms with Gasteiger partial charge in [-0.2, -0.15) is 4.89 Å². The average Bonchev–Trinajstić information content (AvgIpc) is 2.42. The van der Waals surface area contributed by atoms with Crippen LogP contribution in [0.15, 0.2) is 36.4 Å². The van der Waals surface area contributed by atoms with Crippen molar-refractivity contribution in [1.82, 2.24) is 0 Å². The van der Waals surface area contributed by atoms with Gasteiger partial charge in [0.1, 0.15) is 0 Å². The first kappa shape index (κ1) is 14.6. The van der Waals surface area contributed by atoms with Gasteiger partial charge in [-0.05, 0) is 60.2 Å². The minimum atomic E-state index is -2.53. The lowest BCUT2D eigenvalue weighted by atomic mass is 9.95. The average molecular weight is 287 g/mol. The van der Waals surface area contributed by atoms with Gasteiger partial charge in [-0.25, -0.2) is 0 Å². The number of benzene rings is 2. The molecule has 4 heteroatoms. The van der Waals surface area contributed by atoms with Gasteiger partial charge < -0.3 is 0 Å². The van der Waals surface area contributed by atoms with Crippen LogP contribution in [0.2, 0.25) is 0 Å². The Labute approximate surface area is 119 Å². The topological polar surface area (TPSA) is 54.4 Å². The van der Waals surface area contributed by atoms with Crippen molar-refractivity contribution in [2.45, 2.75) is 20.8 Å². The van der Waals surface area contributed by atoms with Gasteiger partial charge in [-0.3, -0.25) is 4.79 Å². The molecular formula is C16H16O3P+. The number of hydrogen-bond donors (Lipinski definition) is 1. The fourth-order valence-electron chi connectivity index (χ4n) is 2.18. The first-order chi connectivity index (χ1) is 9.41. The highest BCUT2D eigenvalue weighted by Crippen LogP contribution is 2.22. The fourth-order valence-corrected chi connectivity index (χ4v) is 2.78. The summed E-state index contributed by atoms with van der Waals surface area (Å²) in [5.74, 6) is -0.210. The van der Waals surface area contributed by atoms with E-state index in [0.29, 0.717) is 11.1 Å². The van der Waals surface area contributed by atoms with E-state index in [0.717, 1.165) is 16.7 Å². The molecule has 0 radical (unpaired) electrons. The highest BCUT2D eigenvalue weighted by Gasteiger charge is 2.26. The second-order valence-corrected chi connectivity index (χ2v) is 5.90. The smallest absolute Gasteiger partial charge is 0.288 e. The fraction of sp³-hybridized carbons (Fsp3) is 0.188. The van der Waals surface area contributed by atoms with E-state index in [4.69, 9.17) is 0 Å². The van der Waals surface area contributed by atoms with Crippen LogP contribution in [-0.2, 0) is 4.57 Å². The van der Waals surface area contributed by atoms with Crippen molar-refractivity contribution < 1.29 is 14.3 Å². The highest BCUT2D eigenvalue weighted by atomic mass is 31.1. The molecule has 0 fully saturated rings.